The van der Waals surface area contributed by atoms with Crippen molar-refractivity contribution in [2.75, 3.05) is 22.4 Å². The van der Waals surface area contributed by atoms with E-state index in [-0.39, 0.29) is 12.3 Å². The lowest BCUT2D eigenvalue weighted by Crippen LogP contribution is -2.47. The first-order valence-electron chi connectivity index (χ1n) is 10.3. The summed E-state index contributed by atoms with van der Waals surface area (Å²) in [5.41, 5.74) is 2.91. The summed E-state index contributed by atoms with van der Waals surface area (Å²) >= 11 is 0. The fraction of sp³-hybridized carbons (Fsp3) is 0.391. The van der Waals surface area contributed by atoms with Gasteiger partial charge in [-0.25, -0.2) is 8.42 Å². The number of sulfonamides is 1. The van der Waals surface area contributed by atoms with E-state index in [1.54, 1.807) is 43.3 Å². The molecule has 0 bridgehead atoms. The molecule has 2 aromatic carbocycles. The van der Waals surface area contributed by atoms with Crippen LogP contribution < -0.4 is 14.9 Å². The lowest BCUT2D eigenvalue weighted by molar-refractivity contribution is -0.117. The maximum absolute atomic E-state index is 13.2. The number of hydrogen-bond acceptors (Lipinski definition) is 4. The number of para-hydroxylation sites is 1. The van der Waals surface area contributed by atoms with E-state index in [2.05, 4.69) is 10.6 Å². The topological polar surface area (TPSA) is 95.6 Å². The van der Waals surface area contributed by atoms with Crippen molar-refractivity contribution >= 4 is 33.2 Å². The molecule has 0 heterocycles. The lowest BCUT2D eigenvalue weighted by atomic mass is 10.1. The van der Waals surface area contributed by atoms with Crippen LogP contribution in [0.1, 0.15) is 48.2 Å². The molecular formula is C23H31N3O4S. The molecule has 0 saturated heterocycles. The van der Waals surface area contributed by atoms with Gasteiger partial charge in [0.2, 0.25) is 15.9 Å². The summed E-state index contributed by atoms with van der Waals surface area (Å²) in [6.45, 7) is 7.98. The van der Waals surface area contributed by atoms with Crippen LogP contribution in [0, 0.1) is 13.8 Å². The van der Waals surface area contributed by atoms with Crippen molar-refractivity contribution in [1.29, 1.82) is 0 Å². The van der Waals surface area contributed by atoms with E-state index >= 15 is 0 Å². The molecule has 0 saturated carbocycles. The second-order valence-corrected chi connectivity index (χ2v) is 9.48. The Labute approximate surface area is 184 Å². The van der Waals surface area contributed by atoms with Gasteiger partial charge < -0.3 is 10.6 Å². The molecule has 0 spiro atoms. The van der Waals surface area contributed by atoms with E-state index in [1.165, 1.54) is 0 Å². The van der Waals surface area contributed by atoms with Gasteiger partial charge in [0.25, 0.3) is 5.91 Å². The third-order valence-corrected chi connectivity index (χ3v) is 5.94. The van der Waals surface area contributed by atoms with Gasteiger partial charge in [-0.15, -0.1) is 0 Å². The first kappa shape index (κ1) is 24.4. The summed E-state index contributed by atoms with van der Waals surface area (Å²) in [6, 6.07) is 11.1. The largest absolute Gasteiger partial charge is 0.352 e. The minimum Gasteiger partial charge on any atom is -0.352 e. The quantitative estimate of drug-likeness (QED) is 0.616. The number of hydrogen-bond donors (Lipinski definition) is 2. The van der Waals surface area contributed by atoms with Crippen LogP contribution in [0.15, 0.2) is 42.5 Å². The summed E-state index contributed by atoms with van der Waals surface area (Å²) in [5, 5.41) is 5.56. The van der Waals surface area contributed by atoms with Crippen LogP contribution in [-0.2, 0) is 14.8 Å². The van der Waals surface area contributed by atoms with Crippen molar-refractivity contribution in [3.8, 4) is 0 Å². The second kappa shape index (κ2) is 10.4. The molecule has 0 aliphatic carbocycles. The maximum Gasteiger partial charge on any atom is 0.253 e. The fourth-order valence-electron chi connectivity index (χ4n) is 3.48. The van der Waals surface area contributed by atoms with Crippen LogP contribution in [0.25, 0.3) is 0 Å². The summed E-state index contributed by atoms with van der Waals surface area (Å²) in [7, 11) is -3.75. The number of carbonyl (C=O) groups excluding carboxylic acids is 2. The number of aryl methyl sites for hydroxylation is 2. The standard InChI is InChI=1S/C23H31N3O4S/c1-6-12-24-22(27)19-10-8-9-11-20(19)25-23(28)21(7-2)26(31(5,29)30)18-14-16(3)13-17(4)15-18/h8-11,13-15,21H,6-7,12H2,1-5H3,(H,24,27)(H,25,28)/t21-/m0/s1. The zero-order valence-corrected chi connectivity index (χ0v) is 19.5. The van der Waals surface area contributed by atoms with Crippen molar-refractivity contribution < 1.29 is 18.0 Å². The van der Waals surface area contributed by atoms with Gasteiger partial charge in [0, 0.05) is 6.54 Å². The molecule has 0 fully saturated rings. The minimum atomic E-state index is -3.75. The van der Waals surface area contributed by atoms with Gasteiger partial charge in [0.1, 0.15) is 6.04 Å². The summed E-state index contributed by atoms with van der Waals surface area (Å²) < 4.78 is 26.5. The molecule has 8 heteroatoms. The van der Waals surface area contributed by atoms with E-state index in [0.29, 0.717) is 23.5 Å². The third kappa shape index (κ3) is 6.30. The van der Waals surface area contributed by atoms with Crippen LogP contribution in [-0.4, -0.2) is 39.1 Å². The van der Waals surface area contributed by atoms with Gasteiger partial charge in [-0.2, -0.15) is 0 Å². The van der Waals surface area contributed by atoms with E-state index in [0.717, 1.165) is 28.1 Å². The third-order valence-electron chi connectivity index (χ3n) is 4.76. The average molecular weight is 446 g/mol. The summed E-state index contributed by atoms with van der Waals surface area (Å²) in [4.78, 5) is 25.7. The molecule has 2 aromatic rings. The van der Waals surface area contributed by atoms with Crippen LogP contribution in [0.2, 0.25) is 0 Å². The van der Waals surface area contributed by atoms with Gasteiger partial charge >= 0.3 is 0 Å². The Bertz CT molecular complexity index is 1030. The molecule has 2 N–H and O–H groups in total. The maximum atomic E-state index is 13.2. The van der Waals surface area contributed by atoms with Crippen molar-refractivity contribution in [3.63, 3.8) is 0 Å². The SMILES string of the molecule is CCCNC(=O)c1ccccc1NC(=O)[C@H](CC)N(c1cc(C)cc(C)c1)S(C)(=O)=O. The molecule has 0 aromatic heterocycles. The van der Waals surface area contributed by atoms with E-state index < -0.39 is 22.0 Å². The Kier molecular flexibility index (Phi) is 8.21. The van der Waals surface area contributed by atoms with Crippen LogP contribution in [0.5, 0.6) is 0 Å². The van der Waals surface area contributed by atoms with Gasteiger partial charge in [-0.1, -0.05) is 32.0 Å². The van der Waals surface area contributed by atoms with E-state index in [1.807, 2.05) is 26.8 Å². The van der Waals surface area contributed by atoms with E-state index in [4.69, 9.17) is 0 Å². The smallest absolute Gasteiger partial charge is 0.253 e. The van der Waals surface area contributed by atoms with Crippen molar-refractivity contribution in [1.82, 2.24) is 5.32 Å². The van der Waals surface area contributed by atoms with Crippen molar-refractivity contribution in [3.05, 3.63) is 59.2 Å². The molecule has 0 unspecified atom stereocenters. The molecule has 0 aliphatic rings. The number of amides is 2. The Morgan fingerprint density at radius 1 is 1.03 bits per heavy atom. The highest BCUT2D eigenvalue weighted by Crippen LogP contribution is 2.26. The molecule has 2 amide bonds. The Hall–Kier alpha value is -2.87. The van der Waals surface area contributed by atoms with Crippen LogP contribution >= 0.6 is 0 Å². The van der Waals surface area contributed by atoms with Crippen molar-refractivity contribution in [2.45, 2.75) is 46.6 Å². The first-order chi connectivity index (χ1) is 14.6. The van der Waals surface area contributed by atoms with E-state index in [9.17, 15) is 18.0 Å². The zero-order chi connectivity index (χ0) is 23.2. The first-order valence-corrected chi connectivity index (χ1v) is 12.2. The number of anilines is 2. The average Bonchev–Trinajstić information content (AvgIpc) is 2.68. The van der Waals surface area contributed by atoms with Crippen molar-refractivity contribution in [2.24, 2.45) is 0 Å². The highest BCUT2D eigenvalue weighted by molar-refractivity contribution is 7.92. The molecule has 1 atom stereocenters. The van der Waals surface area contributed by atoms with Gasteiger partial charge in [0.05, 0.1) is 23.2 Å². The molecular weight excluding hydrogens is 414 g/mol. The molecule has 7 nitrogen and oxygen atoms in total. The number of rotatable bonds is 9. The minimum absolute atomic E-state index is 0.260. The van der Waals surface area contributed by atoms with Gasteiger partial charge in [-0.05, 0) is 62.1 Å². The Morgan fingerprint density at radius 3 is 2.19 bits per heavy atom. The van der Waals surface area contributed by atoms with Gasteiger partial charge in [-0.3, -0.25) is 13.9 Å². The number of nitrogens with one attached hydrogen (secondary N) is 2. The van der Waals surface area contributed by atoms with Crippen LogP contribution in [0.4, 0.5) is 11.4 Å². The molecule has 0 aliphatic heterocycles. The Balaban J connectivity index is 2.41. The molecule has 2 rings (SSSR count). The highest BCUT2D eigenvalue weighted by atomic mass is 32.2. The summed E-state index contributed by atoms with van der Waals surface area (Å²) in [5.74, 6) is -0.789. The predicted octanol–water partition coefficient (Wildman–Crippen LogP) is 3.63. The molecule has 0 radical (unpaired) electrons. The number of benzene rings is 2. The summed E-state index contributed by atoms with van der Waals surface area (Å²) in [6.07, 6.45) is 2.14. The Morgan fingerprint density at radius 2 is 1.65 bits per heavy atom. The highest BCUT2D eigenvalue weighted by Gasteiger charge is 2.32. The lowest BCUT2D eigenvalue weighted by Gasteiger charge is -2.30. The normalized spacial score (nSPS) is 12.2. The van der Waals surface area contributed by atoms with Gasteiger partial charge in [0.15, 0.2) is 0 Å². The predicted molar refractivity (Wildman–Crippen MR) is 125 cm³/mol. The fourth-order valence-corrected chi connectivity index (χ4v) is 4.67. The second-order valence-electron chi connectivity index (χ2n) is 7.62. The molecule has 168 valence electrons. The molecule has 31 heavy (non-hydrogen) atoms. The number of carbonyl (C=O) groups is 2. The van der Waals surface area contributed by atoms with Crippen LogP contribution in [0.3, 0.4) is 0 Å². The zero-order valence-electron chi connectivity index (χ0n) is 18.7. The monoisotopic (exact) mass is 445 g/mol. The number of nitrogens with zero attached hydrogens (tertiary/aromatic N) is 1.